The Morgan fingerprint density at radius 3 is 2.37 bits per heavy atom. The molecule has 3 heteroatoms. The van der Waals surface area contributed by atoms with Crippen LogP contribution in [0.3, 0.4) is 0 Å². The Labute approximate surface area is 114 Å². The van der Waals surface area contributed by atoms with Gasteiger partial charge < -0.3 is 0 Å². The summed E-state index contributed by atoms with van der Waals surface area (Å²) in [5.74, 6) is -0.359. The van der Waals surface area contributed by atoms with Gasteiger partial charge in [0.25, 0.3) is 0 Å². The molecule has 1 fully saturated rings. The fourth-order valence-corrected chi connectivity index (χ4v) is 2.98. The quantitative estimate of drug-likeness (QED) is 0.830. The summed E-state index contributed by atoms with van der Waals surface area (Å²) in [4.78, 5) is 23.6. The lowest BCUT2D eigenvalue weighted by atomic mass is 9.77. The molecule has 3 nitrogen and oxygen atoms in total. The van der Waals surface area contributed by atoms with E-state index in [1.807, 2.05) is 6.92 Å². The van der Waals surface area contributed by atoms with Crippen molar-refractivity contribution in [1.29, 1.82) is 0 Å². The minimum Gasteiger partial charge on any atom is -0.296 e. The summed E-state index contributed by atoms with van der Waals surface area (Å²) in [6.07, 6.45) is 1.17. The molecule has 2 atom stereocenters. The molecule has 2 amide bonds. The summed E-state index contributed by atoms with van der Waals surface area (Å²) in [5, 5.41) is 2.45. The van der Waals surface area contributed by atoms with Crippen LogP contribution in [0.25, 0.3) is 0 Å². The van der Waals surface area contributed by atoms with Gasteiger partial charge in [0.15, 0.2) is 0 Å². The Kier molecular flexibility index (Phi) is 3.74. The predicted molar refractivity (Wildman–Crippen MR) is 74.9 cm³/mol. The van der Waals surface area contributed by atoms with Crippen molar-refractivity contribution in [1.82, 2.24) is 5.32 Å². The zero-order chi connectivity index (χ0) is 14.2. The first-order valence-corrected chi connectivity index (χ1v) is 6.85. The largest absolute Gasteiger partial charge is 0.296 e. The molecule has 1 aromatic carbocycles. The Morgan fingerprint density at radius 2 is 1.74 bits per heavy atom. The highest BCUT2D eigenvalue weighted by molar-refractivity contribution is 5.99. The predicted octanol–water partition coefficient (Wildman–Crippen LogP) is 2.77. The second-order valence-corrected chi connectivity index (χ2v) is 5.53. The van der Waals surface area contributed by atoms with Crippen LogP contribution < -0.4 is 5.32 Å². The molecule has 1 saturated heterocycles. The third-order valence-electron chi connectivity index (χ3n) is 4.21. The minimum absolute atomic E-state index is 0.0190. The first kappa shape index (κ1) is 13.8. The first-order chi connectivity index (χ1) is 8.93. The third kappa shape index (κ3) is 2.55. The number of aryl methyl sites for hydroxylation is 3. The molecule has 1 aliphatic heterocycles. The van der Waals surface area contributed by atoms with Crippen LogP contribution in [0.2, 0.25) is 0 Å². The van der Waals surface area contributed by atoms with E-state index in [4.69, 9.17) is 0 Å². The highest BCUT2D eigenvalue weighted by Gasteiger charge is 2.36. The lowest BCUT2D eigenvalue weighted by molar-refractivity contribution is -0.137. The molecule has 1 N–H and O–H groups in total. The van der Waals surface area contributed by atoms with E-state index in [1.54, 1.807) is 0 Å². The second kappa shape index (κ2) is 5.16. The van der Waals surface area contributed by atoms with Gasteiger partial charge in [0, 0.05) is 18.3 Å². The first-order valence-electron chi connectivity index (χ1n) is 6.85. The average Bonchev–Trinajstić information content (AvgIpc) is 2.33. The number of carbonyl (C=O) groups is 2. The van der Waals surface area contributed by atoms with E-state index in [-0.39, 0.29) is 23.7 Å². The fourth-order valence-electron chi connectivity index (χ4n) is 2.98. The summed E-state index contributed by atoms with van der Waals surface area (Å²) in [6.45, 7) is 8.22. The van der Waals surface area contributed by atoms with Gasteiger partial charge in [-0.05, 0) is 49.4 Å². The lowest BCUT2D eigenvalue weighted by Crippen LogP contribution is -2.44. The minimum atomic E-state index is -0.155. The van der Waals surface area contributed by atoms with Gasteiger partial charge in [-0.3, -0.25) is 14.9 Å². The van der Waals surface area contributed by atoms with Crippen molar-refractivity contribution in [2.45, 2.75) is 46.5 Å². The number of carbonyl (C=O) groups excluding carboxylic acids is 2. The summed E-state index contributed by atoms with van der Waals surface area (Å²) < 4.78 is 0. The zero-order valence-corrected chi connectivity index (χ0v) is 12.0. The van der Waals surface area contributed by atoms with Gasteiger partial charge >= 0.3 is 0 Å². The molecule has 0 spiro atoms. The summed E-state index contributed by atoms with van der Waals surface area (Å²) in [5.41, 5.74) is 4.79. The molecule has 19 heavy (non-hydrogen) atoms. The van der Waals surface area contributed by atoms with Crippen LogP contribution in [0.15, 0.2) is 12.1 Å². The summed E-state index contributed by atoms with van der Waals surface area (Å²) in [6, 6.07) is 4.29. The van der Waals surface area contributed by atoms with Crippen LogP contribution in [0.1, 0.15) is 47.9 Å². The lowest BCUT2D eigenvalue weighted by Gasteiger charge is -2.31. The zero-order valence-electron chi connectivity index (χ0n) is 12.0. The molecule has 0 radical (unpaired) electrons. The highest BCUT2D eigenvalue weighted by atomic mass is 16.2. The number of piperidine rings is 1. The van der Waals surface area contributed by atoms with Gasteiger partial charge in [0.2, 0.25) is 11.8 Å². The number of hydrogen-bond acceptors (Lipinski definition) is 2. The van der Waals surface area contributed by atoms with Gasteiger partial charge in [0.05, 0.1) is 0 Å². The standard InChI is InChI=1S/C16H21NO2/c1-5-12-14(8-15(18)17-16(12)19)13-7-10(3)9(2)6-11(13)4/h6-7,12,14H,5,8H2,1-4H3,(H,17,18,19). The van der Waals surface area contributed by atoms with Crippen LogP contribution in [0.4, 0.5) is 0 Å². The molecule has 1 aliphatic rings. The van der Waals surface area contributed by atoms with Crippen molar-refractivity contribution < 1.29 is 9.59 Å². The van der Waals surface area contributed by atoms with Crippen LogP contribution in [-0.4, -0.2) is 11.8 Å². The topological polar surface area (TPSA) is 46.2 Å². The van der Waals surface area contributed by atoms with Gasteiger partial charge in [-0.2, -0.15) is 0 Å². The van der Waals surface area contributed by atoms with Crippen LogP contribution >= 0.6 is 0 Å². The number of nitrogens with one attached hydrogen (secondary N) is 1. The molecule has 0 saturated carbocycles. The van der Waals surface area contributed by atoms with E-state index >= 15 is 0 Å². The Hall–Kier alpha value is -1.64. The molecule has 1 heterocycles. The molecule has 1 aromatic rings. The molecule has 0 aromatic heterocycles. The van der Waals surface area contributed by atoms with Gasteiger partial charge in [0.1, 0.15) is 0 Å². The van der Waals surface area contributed by atoms with Crippen LogP contribution in [-0.2, 0) is 9.59 Å². The molecule has 2 unspecified atom stereocenters. The van der Waals surface area contributed by atoms with Gasteiger partial charge in [-0.25, -0.2) is 0 Å². The van der Waals surface area contributed by atoms with E-state index in [2.05, 4.69) is 38.2 Å². The number of imide groups is 1. The maximum atomic E-state index is 12.0. The Balaban J connectivity index is 2.46. The van der Waals surface area contributed by atoms with E-state index in [1.165, 1.54) is 16.7 Å². The molecule has 102 valence electrons. The molecule has 0 bridgehead atoms. The molecular weight excluding hydrogens is 238 g/mol. The normalized spacial score (nSPS) is 23.4. The third-order valence-corrected chi connectivity index (χ3v) is 4.21. The van der Waals surface area contributed by atoms with E-state index in [9.17, 15) is 9.59 Å². The summed E-state index contributed by atoms with van der Waals surface area (Å²) >= 11 is 0. The van der Waals surface area contributed by atoms with Gasteiger partial charge in [-0.1, -0.05) is 19.1 Å². The maximum Gasteiger partial charge on any atom is 0.230 e. The number of benzene rings is 1. The monoisotopic (exact) mass is 259 g/mol. The number of hydrogen-bond donors (Lipinski definition) is 1. The molecule has 2 rings (SSSR count). The van der Waals surface area contributed by atoms with E-state index in [0.717, 1.165) is 12.0 Å². The number of rotatable bonds is 2. The van der Waals surface area contributed by atoms with Crippen molar-refractivity contribution in [3.63, 3.8) is 0 Å². The SMILES string of the molecule is CCC1C(=O)NC(=O)CC1c1cc(C)c(C)cc1C. The van der Waals surface area contributed by atoms with Crippen molar-refractivity contribution in [2.24, 2.45) is 5.92 Å². The molecular formula is C16H21NO2. The maximum absolute atomic E-state index is 12.0. The van der Waals surface area contributed by atoms with Crippen molar-refractivity contribution in [3.8, 4) is 0 Å². The highest BCUT2D eigenvalue weighted by Crippen LogP contribution is 2.36. The second-order valence-electron chi connectivity index (χ2n) is 5.53. The fraction of sp³-hybridized carbons (Fsp3) is 0.500. The Morgan fingerprint density at radius 1 is 1.11 bits per heavy atom. The number of amides is 2. The van der Waals surface area contributed by atoms with Gasteiger partial charge in [-0.15, -0.1) is 0 Å². The Bertz CT molecular complexity index is 534. The van der Waals surface area contributed by atoms with Crippen molar-refractivity contribution in [2.75, 3.05) is 0 Å². The van der Waals surface area contributed by atoms with Crippen LogP contribution in [0.5, 0.6) is 0 Å². The van der Waals surface area contributed by atoms with Crippen molar-refractivity contribution in [3.05, 3.63) is 34.4 Å². The van der Waals surface area contributed by atoms with E-state index < -0.39 is 0 Å². The average molecular weight is 259 g/mol. The smallest absolute Gasteiger partial charge is 0.230 e. The van der Waals surface area contributed by atoms with E-state index in [0.29, 0.717) is 6.42 Å². The summed E-state index contributed by atoms with van der Waals surface area (Å²) in [7, 11) is 0. The molecule has 0 aliphatic carbocycles. The van der Waals surface area contributed by atoms with Crippen molar-refractivity contribution >= 4 is 11.8 Å². The van der Waals surface area contributed by atoms with Crippen LogP contribution in [0, 0.1) is 26.7 Å².